The van der Waals surface area contributed by atoms with Crippen LogP contribution in [0.3, 0.4) is 0 Å². The van der Waals surface area contributed by atoms with Crippen molar-refractivity contribution in [2.24, 2.45) is 5.92 Å². The lowest BCUT2D eigenvalue weighted by Crippen LogP contribution is -2.43. The molecule has 1 aliphatic heterocycles. The Morgan fingerprint density at radius 2 is 1.88 bits per heavy atom. The van der Waals surface area contributed by atoms with Gasteiger partial charge in [0.1, 0.15) is 0 Å². The molecule has 0 aromatic heterocycles. The van der Waals surface area contributed by atoms with E-state index in [1.165, 1.54) is 0 Å². The molecule has 0 saturated carbocycles. The summed E-state index contributed by atoms with van der Waals surface area (Å²) in [5, 5.41) is 3.65. The average Bonchev–Trinajstić information content (AvgIpc) is 2.68. The summed E-state index contributed by atoms with van der Waals surface area (Å²) in [4.78, 5) is 27.2. The van der Waals surface area contributed by atoms with Gasteiger partial charge in [-0.1, -0.05) is 36.7 Å². The minimum atomic E-state index is -0.190. The first-order valence-corrected chi connectivity index (χ1v) is 9.40. The molecule has 2 aromatic rings. The second-order valence-corrected chi connectivity index (χ2v) is 7.03. The summed E-state index contributed by atoms with van der Waals surface area (Å²) in [5.74, 6) is -0.252. The number of benzene rings is 2. The van der Waals surface area contributed by atoms with Crippen molar-refractivity contribution in [3.8, 4) is 0 Å². The predicted octanol–water partition coefficient (Wildman–Crippen LogP) is 4.39. The number of carbonyl (C=O) groups is 2. The Kier molecular flexibility index (Phi) is 5.94. The molecule has 26 heavy (non-hydrogen) atoms. The van der Waals surface area contributed by atoms with Crippen LogP contribution in [-0.4, -0.2) is 29.8 Å². The molecular formula is C21H23ClN2O2. The third-order valence-corrected chi connectivity index (χ3v) is 5.08. The highest BCUT2D eigenvalue weighted by Crippen LogP contribution is 2.22. The van der Waals surface area contributed by atoms with E-state index < -0.39 is 0 Å². The molecule has 0 unspecified atom stereocenters. The van der Waals surface area contributed by atoms with Crippen LogP contribution in [0.25, 0.3) is 0 Å². The molecule has 1 N–H and O–H groups in total. The maximum Gasteiger partial charge on any atom is 0.253 e. The van der Waals surface area contributed by atoms with Gasteiger partial charge in [-0.25, -0.2) is 0 Å². The summed E-state index contributed by atoms with van der Waals surface area (Å²) in [6.07, 6.45) is 2.49. The maximum absolute atomic E-state index is 12.7. The van der Waals surface area contributed by atoms with Crippen LogP contribution in [0.2, 0.25) is 5.02 Å². The van der Waals surface area contributed by atoms with Gasteiger partial charge in [-0.2, -0.15) is 0 Å². The Morgan fingerprint density at radius 1 is 1.15 bits per heavy atom. The van der Waals surface area contributed by atoms with Gasteiger partial charge < -0.3 is 10.2 Å². The van der Waals surface area contributed by atoms with E-state index in [9.17, 15) is 9.59 Å². The molecule has 136 valence electrons. The summed E-state index contributed by atoms with van der Waals surface area (Å²) in [6, 6.07) is 14.7. The topological polar surface area (TPSA) is 49.4 Å². The highest BCUT2D eigenvalue weighted by atomic mass is 35.5. The van der Waals surface area contributed by atoms with E-state index in [-0.39, 0.29) is 17.7 Å². The van der Waals surface area contributed by atoms with Gasteiger partial charge in [-0.05, 0) is 55.2 Å². The number of rotatable bonds is 4. The summed E-state index contributed by atoms with van der Waals surface area (Å²) < 4.78 is 0. The fourth-order valence-corrected chi connectivity index (χ4v) is 3.46. The van der Waals surface area contributed by atoms with E-state index in [0.29, 0.717) is 23.7 Å². The normalized spacial score (nSPS) is 17.0. The highest BCUT2D eigenvalue weighted by molar-refractivity contribution is 6.30. The van der Waals surface area contributed by atoms with Gasteiger partial charge in [0.25, 0.3) is 5.91 Å². The number of nitrogens with one attached hydrogen (secondary N) is 1. The van der Waals surface area contributed by atoms with Crippen LogP contribution in [0.4, 0.5) is 5.69 Å². The molecule has 1 fully saturated rings. The van der Waals surface area contributed by atoms with Crippen molar-refractivity contribution in [3.63, 3.8) is 0 Å². The minimum absolute atomic E-state index is 0.0143. The smallest absolute Gasteiger partial charge is 0.253 e. The zero-order valence-corrected chi connectivity index (χ0v) is 15.6. The average molecular weight is 371 g/mol. The number of piperidine rings is 1. The first kappa shape index (κ1) is 18.5. The van der Waals surface area contributed by atoms with E-state index in [0.717, 1.165) is 30.5 Å². The van der Waals surface area contributed by atoms with Crippen molar-refractivity contribution in [3.05, 3.63) is 64.7 Å². The van der Waals surface area contributed by atoms with Crippen LogP contribution in [0, 0.1) is 5.92 Å². The number of amides is 2. The van der Waals surface area contributed by atoms with E-state index in [4.69, 9.17) is 11.6 Å². The summed E-state index contributed by atoms with van der Waals surface area (Å²) >= 11 is 5.89. The Balaban J connectivity index is 1.66. The zero-order chi connectivity index (χ0) is 18.5. The second kappa shape index (κ2) is 8.37. The largest absolute Gasteiger partial charge is 0.338 e. The second-order valence-electron chi connectivity index (χ2n) is 6.60. The van der Waals surface area contributed by atoms with Crippen molar-refractivity contribution >= 4 is 29.1 Å². The molecule has 0 aliphatic carbocycles. The van der Waals surface area contributed by atoms with Crippen LogP contribution >= 0.6 is 11.6 Å². The lowest BCUT2D eigenvalue weighted by Gasteiger charge is -2.32. The molecular weight excluding hydrogens is 348 g/mol. The fourth-order valence-electron chi connectivity index (χ4n) is 3.34. The molecule has 0 spiro atoms. The van der Waals surface area contributed by atoms with Gasteiger partial charge >= 0.3 is 0 Å². The first-order chi connectivity index (χ1) is 12.6. The summed E-state index contributed by atoms with van der Waals surface area (Å²) in [7, 11) is 0. The molecule has 1 aliphatic rings. The van der Waals surface area contributed by atoms with Crippen LogP contribution in [0.5, 0.6) is 0 Å². The Labute approximate surface area is 159 Å². The van der Waals surface area contributed by atoms with Gasteiger partial charge in [0, 0.05) is 29.4 Å². The van der Waals surface area contributed by atoms with Crippen molar-refractivity contribution < 1.29 is 9.59 Å². The van der Waals surface area contributed by atoms with E-state index in [1.807, 2.05) is 24.3 Å². The SMILES string of the molecule is CCc1ccccc1NC(=O)[C@@H]1CCCN(C(=O)c2ccc(Cl)cc2)C1. The predicted molar refractivity (Wildman–Crippen MR) is 105 cm³/mol. The van der Waals surface area contributed by atoms with Crippen LogP contribution in [-0.2, 0) is 11.2 Å². The molecule has 0 bridgehead atoms. The van der Waals surface area contributed by atoms with Crippen LogP contribution < -0.4 is 5.32 Å². The number of hydrogen-bond donors (Lipinski definition) is 1. The molecule has 1 atom stereocenters. The van der Waals surface area contributed by atoms with Crippen molar-refractivity contribution in [2.75, 3.05) is 18.4 Å². The number of para-hydroxylation sites is 1. The molecule has 1 saturated heterocycles. The van der Waals surface area contributed by atoms with Crippen LogP contribution in [0.1, 0.15) is 35.7 Å². The Morgan fingerprint density at radius 3 is 2.62 bits per heavy atom. The lowest BCUT2D eigenvalue weighted by atomic mass is 9.96. The van der Waals surface area contributed by atoms with Gasteiger partial charge in [0.2, 0.25) is 5.91 Å². The van der Waals surface area contributed by atoms with Gasteiger partial charge in [-0.15, -0.1) is 0 Å². The number of anilines is 1. The first-order valence-electron chi connectivity index (χ1n) is 9.02. The quantitative estimate of drug-likeness (QED) is 0.867. The zero-order valence-electron chi connectivity index (χ0n) is 14.9. The molecule has 2 aromatic carbocycles. The monoisotopic (exact) mass is 370 g/mol. The van der Waals surface area contributed by atoms with Gasteiger partial charge in [-0.3, -0.25) is 9.59 Å². The molecule has 5 heteroatoms. The fraction of sp³-hybridized carbons (Fsp3) is 0.333. The number of hydrogen-bond acceptors (Lipinski definition) is 2. The minimum Gasteiger partial charge on any atom is -0.338 e. The van der Waals surface area contributed by atoms with Crippen LogP contribution in [0.15, 0.2) is 48.5 Å². The standard InChI is InChI=1S/C21H23ClN2O2/c1-2-15-6-3-4-8-19(15)23-20(25)17-7-5-13-24(14-17)21(26)16-9-11-18(22)12-10-16/h3-4,6,8-12,17H,2,5,7,13-14H2,1H3,(H,23,25)/t17-/m1/s1. The third-order valence-electron chi connectivity index (χ3n) is 4.83. The number of halogens is 1. The van der Waals surface area contributed by atoms with Crippen molar-refractivity contribution in [2.45, 2.75) is 26.2 Å². The van der Waals surface area contributed by atoms with Gasteiger partial charge in [0.05, 0.1) is 5.92 Å². The molecule has 0 radical (unpaired) electrons. The number of nitrogens with zero attached hydrogens (tertiary/aromatic N) is 1. The number of likely N-dealkylation sites (tertiary alicyclic amines) is 1. The van der Waals surface area contributed by atoms with Crippen molar-refractivity contribution in [1.29, 1.82) is 0 Å². The summed E-state index contributed by atoms with van der Waals surface area (Å²) in [6.45, 7) is 3.19. The van der Waals surface area contributed by atoms with Gasteiger partial charge in [0.15, 0.2) is 0 Å². The Hall–Kier alpha value is -2.33. The molecule has 1 heterocycles. The van der Waals surface area contributed by atoms with E-state index in [2.05, 4.69) is 12.2 Å². The lowest BCUT2D eigenvalue weighted by molar-refractivity contribution is -0.121. The Bertz CT molecular complexity index is 789. The van der Waals surface area contributed by atoms with Crippen molar-refractivity contribution in [1.82, 2.24) is 4.90 Å². The highest BCUT2D eigenvalue weighted by Gasteiger charge is 2.29. The van der Waals surface area contributed by atoms with E-state index >= 15 is 0 Å². The third kappa shape index (κ3) is 4.25. The molecule has 4 nitrogen and oxygen atoms in total. The number of carbonyl (C=O) groups excluding carboxylic acids is 2. The van der Waals surface area contributed by atoms with E-state index in [1.54, 1.807) is 29.2 Å². The molecule has 2 amide bonds. The molecule has 3 rings (SSSR count). The maximum atomic E-state index is 12.7. The summed E-state index contributed by atoms with van der Waals surface area (Å²) in [5.41, 5.74) is 2.58. The number of aryl methyl sites for hydroxylation is 1.